The molecular weight excluding hydrogens is 419 g/mol. The number of alkyl halides is 3. The smallest absolute Gasteiger partial charge is 0.406 e. The van der Waals surface area contributed by atoms with Gasteiger partial charge in [-0.1, -0.05) is 0 Å². The number of ether oxygens (including phenoxy) is 1. The maximum Gasteiger partial charge on any atom is 0.573 e. The van der Waals surface area contributed by atoms with Crippen LogP contribution in [0, 0.1) is 11.3 Å². The van der Waals surface area contributed by atoms with Gasteiger partial charge in [0.05, 0.1) is 11.5 Å². The number of ketones is 1. The summed E-state index contributed by atoms with van der Waals surface area (Å²) in [7, 11) is 0. The molecule has 0 radical (unpaired) electrons. The van der Waals surface area contributed by atoms with E-state index in [0.717, 1.165) is 60.4 Å². The number of Topliss-reactive ketones (excluding diaryl/α,β-unsaturated/α-hetero) is 1. The number of aryl methyl sites for hydroxylation is 2. The van der Waals surface area contributed by atoms with Crippen molar-refractivity contribution < 1.29 is 22.7 Å². The molecule has 0 spiro atoms. The zero-order chi connectivity index (χ0) is 21.5. The molecule has 2 aromatic heterocycles. The van der Waals surface area contributed by atoms with Crippen LogP contribution in [0.2, 0.25) is 0 Å². The number of thiophene rings is 1. The molecule has 0 saturated carbocycles. The van der Waals surface area contributed by atoms with E-state index in [1.807, 2.05) is 6.07 Å². The van der Waals surface area contributed by atoms with Gasteiger partial charge in [-0.2, -0.15) is 5.26 Å². The highest BCUT2D eigenvalue weighted by Crippen LogP contribution is 2.34. The average molecular weight is 433 g/mol. The molecule has 0 bridgehead atoms. The maximum absolute atomic E-state index is 12.8. The molecule has 6 nitrogen and oxygen atoms in total. The highest BCUT2D eigenvalue weighted by atomic mass is 32.1. The number of carbonyl (C=O) groups excluding carboxylic acids is 1. The lowest BCUT2D eigenvalue weighted by Crippen LogP contribution is -2.20. The summed E-state index contributed by atoms with van der Waals surface area (Å²) in [5, 5.41) is 10.1. The van der Waals surface area contributed by atoms with E-state index in [1.165, 1.54) is 11.3 Å². The first-order valence-electron chi connectivity index (χ1n) is 9.11. The number of H-pyrrole nitrogens is 1. The molecule has 1 aliphatic rings. The number of nitriles is 1. The SMILES string of the molecule is N#CC(C(=O)c1ccc(OC(F)(F)F)cc1)c1nc2sc3c(c2c(=O)[nH]1)CCCC3. The first kappa shape index (κ1) is 20.1. The molecule has 1 N–H and O–H groups in total. The molecule has 0 amide bonds. The monoisotopic (exact) mass is 433 g/mol. The minimum absolute atomic E-state index is 0.00398. The third kappa shape index (κ3) is 3.80. The molecule has 30 heavy (non-hydrogen) atoms. The topological polar surface area (TPSA) is 95.8 Å². The molecule has 3 aromatic rings. The molecule has 0 fully saturated rings. The predicted octanol–water partition coefficient (Wildman–Crippen LogP) is 4.25. The Labute approximate surface area is 171 Å². The summed E-state index contributed by atoms with van der Waals surface area (Å²) in [5.41, 5.74) is 0.599. The summed E-state index contributed by atoms with van der Waals surface area (Å²) in [6.07, 6.45) is -1.14. The Bertz CT molecular complexity index is 1220. The summed E-state index contributed by atoms with van der Waals surface area (Å²) in [6.45, 7) is 0. The van der Waals surface area contributed by atoms with E-state index in [1.54, 1.807) is 0 Å². The minimum Gasteiger partial charge on any atom is -0.406 e. The van der Waals surface area contributed by atoms with Crippen molar-refractivity contribution in [3.05, 3.63) is 56.4 Å². The van der Waals surface area contributed by atoms with E-state index in [2.05, 4.69) is 14.7 Å². The van der Waals surface area contributed by atoms with Crippen LogP contribution in [0.15, 0.2) is 29.1 Å². The van der Waals surface area contributed by atoms with Crippen molar-refractivity contribution in [2.24, 2.45) is 0 Å². The zero-order valence-electron chi connectivity index (χ0n) is 15.4. The van der Waals surface area contributed by atoms with E-state index < -0.39 is 29.4 Å². The third-order valence-corrected chi connectivity index (χ3v) is 6.07. The fourth-order valence-electron chi connectivity index (χ4n) is 3.55. The second-order valence-electron chi connectivity index (χ2n) is 6.84. The lowest BCUT2D eigenvalue weighted by atomic mass is 9.96. The van der Waals surface area contributed by atoms with Gasteiger partial charge in [-0.05, 0) is 55.5 Å². The fourth-order valence-corrected chi connectivity index (χ4v) is 4.82. The molecule has 1 aliphatic carbocycles. The van der Waals surface area contributed by atoms with Crippen molar-refractivity contribution in [1.82, 2.24) is 9.97 Å². The van der Waals surface area contributed by atoms with E-state index >= 15 is 0 Å². The molecule has 10 heteroatoms. The number of nitrogens with one attached hydrogen (secondary N) is 1. The number of aromatic amines is 1. The van der Waals surface area contributed by atoms with E-state index in [9.17, 15) is 28.0 Å². The quantitative estimate of drug-likeness (QED) is 0.621. The molecule has 0 aliphatic heterocycles. The molecule has 1 unspecified atom stereocenters. The number of fused-ring (bicyclic) bond motifs is 3. The van der Waals surface area contributed by atoms with Crippen LogP contribution in [0.3, 0.4) is 0 Å². The van der Waals surface area contributed by atoms with Crippen LogP contribution in [-0.2, 0) is 12.8 Å². The first-order valence-corrected chi connectivity index (χ1v) is 9.92. The van der Waals surface area contributed by atoms with Gasteiger partial charge in [0.15, 0.2) is 11.7 Å². The lowest BCUT2D eigenvalue weighted by molar-refractivity contribution is -0.274. The number of benzene rings is 1. The number of carbonyl (C=O) groups is 1. The van der Waals surface area contributed by atoms with Crippen molar-refractivity contribution in [3.8, 4) is 11.8 Å². The van der Waals surface area contributed by atoms with Crippen LogP contribution in [-0.4, -0.2) is 22.1 Å². The van der Waals surface area contributed by atoms with Crippen molar-refractivity contribution in [2.45, 2.75) is 38.0 Å². The Morgan fingerprint density at radius 2 is 1.93 bits per heavy atom. The summed E-state index contributed by atoms with van der Waals surface area (Å²) < 4.78 is 40.6. The number of hydrogen-bond acceptors (Lipinski definition) is 6. The second kappa shape index (κ2) is 7.57. The highest BCUT2D eigenvalue weighted by molar-refractivity contribution is 7.18. The van der Waals surface area contributed by atoms with Crippen molar-refractivity contribution in [2.75, 3.05) is 0 Å². The van der Waals surface area contributed by atoms with Crippen molar-refractivity contribution in [3.63, 3.8) is 0 Å². The minimum atomic E-state index is -4.85. The van der Waals surface area contributed by atoms with Gasteiger partial charge in [0.2, 0.25) is 0 Å². The Morgan fingerprint density at radius 3 is 2.60 bits per heavy atom. The zero-order valence-corrected chi connectivity index (χ0v) is 16.2. The Balaban J connectivity index is 1.67. The molecule has 154 valence electrons. The predicted molar refractivity (Wildman–Crippen MR) is 103 cm³/mol. The Hall–Kier alpha value is -3.19. The van der Waals surface area contributed by atoms with Crippen molar-refractivity contribution >= 4 is 27.3 Å². The van der Waals surface area contributed by atoms with Gasteiger partial charge in [0.25, 0.3) is 5.56 Å². The van der Waals surface area contributed by atoms with E-state index in [0.29, 0.717) is 10.2 Å². The van der Waals surface area contributed by atoms with Crippen LogP contribution >= 0.6 is 11.3 Å². The fraction of sp³-hybridized carbons (Fsp3) is 0.300. The Kier molecular flexibility index (Phi) is 5.07. The van der Waals surface area contributed by atoms with Crippen LogP contribution in [0.4, 0.5) is 13.2 Å². The standard InChI is InChI=1S/C20H14F3N3O3S/c21-20(22,23)29-11-7-5-10(6-8-11)16(27)13(9-24)17-25-18(28)15-12-3-1-2-4-14(12)30-19(15)26-17/h5-8,13H,1-4H2,(H,25,26,28). The van der Waals surface area contributed by atoms with E-state index in [-0.39, 0.29) is 11.4 Å². The van der Waals surface area contributed by atoms with Gasteiger partial charge in [0.1, 0.15) is 16.4 Å². The normalized spacial score (nSPS) is 14.7. The van der Waals surface area contributed by atoms with Gasteiger partial charge in [-0.25, -0.2) is 4.98 Å². The number of rotatable bonds is 4. The van der Waals surface area contributed by atoms with Gasteiger partial charge >= 0.3 is 6.36 Å². The average Bonchev–Trinajstić information content (AvgIpc) is 3.06. The highest BCUT2D eigenvalue weighted by Gasteiger charge is 2.31. The molecule has 0 saturated heterocycles. The molecule has 2 heterocycles. The van der Waals surface area contributed by atoms with Gasteiger partial charge in [-0.3, -0.25) is 9.59 Å². The molecule has 1 atom stereocenters. The summed E-state index contributed by atoms with van der Waals surface area (Å²) in [6, 6.07) is 6.08. The van der Waals surface area contributed by atoms with Crippen LogP contribution in [0.5, 0.6) is 5.75 Å². The molecule has 1 aromatic carbocycles. The number of aromatic nitrogens is 2. The number of hydrogen-bond donors (Lipinski definition) is 1. The summed E-state index contributed by atoms with van der Waals surface area (Å²) in [4.78, 5) is 33.9. The summed E-state index contributed by atoms with van der Waals surface area (Å²) >= 11 is 1.40. The maximum atomic E-state index is 12.8. The van der Waals surface area contributed by atoms with Crippen LogP contribution < -0.4 is 10.3 Å². The first-order chi connectivity index (χ1) is 14.3. The number of halogens is 3. The Morgan fingerprint density at radius 1 is 1.23 bits per heavy atom. The number of nitrogens with zero attached hydrogens (tertiary/aromatic N) is 2. The molecular formula is C20H14F3N3O3S. The summed E-state index contributed by atoms with van der Waals surface area (Å²) in [5.74, 6) is -2.63. The van der Waals surface area contributed by atoms with Gasteiger partial charge < -0.3 is 9.72 Å². The van der Waals surface area contributed by atoms with Gasteiger partial charge in [-0.15, -0.1) is 24.5 Å². The van der Waals surface area contributed by atoms with Crippen molar-refractivity contribution in [1.29, 1.82) is 5.26 Å². The largest absolute Gasteiger partial charge is 0.573 e. The third-order valence-electron chi connectivity index (χ3n) is 4.88. The second-order valence-corrected chi connectivity index (χ2v) is 7.92. The van der Waals surface area contributed by atoms with Crippen LogP contribution in [0.25, 0.3) is 10.2 Å². The van der Waals surface area contributed by atoms with Crippen LogP contribution in [0.1, 0.15) is 45.4 Å². The van der Waals surface area contributed by atoms with E-state index in [4.69, 9.17) is 0 Å². The van der Waals surface area contributed by atoms with Gasteiger partial charge in [0, 0.05) is 10.4 Å². The molecule has 4 rings (SSSR count). The lowest BCUT2D eigenvalue weighted by Gasteiger charge is -2.11.